The summed E-state index contributed by atoms with van der Waals surface area (Å²) in [5, 5.41) is 10.2. The number of rotatable bonds is 4. The molecule has 1 aromatic heterocycles. The number of halogens is 2. The summed E-state index contributed by atoms with van der Waals surface area (Å²) < 4.78 is 30.9. The Morgan fingerprint density at radius 3 is 1.83 bits per heavy atom. The number of sulfonamides is 1. The van der Waals surface area contributed by atoms with Crippen LogP contribution in [0, 0.1) is 11.3 Å². The summed E-state index contributed by atoms with van der Waals surface area (Å²) in [4.78, 5) is 13.2. The molecule has 0 N–H and O–H groups in total. The van der Waals surface area contributed by atoms with Crippen LogP contribution in [0.15, 0.2) is 101 Å². The Labute approximate surface area is 212 Å². The van der Waals surface area contributed by atoms with Gasteiger partial charge in [0.05, 0.1) is 28.6 Å². The van der Waals surface area contributed by atoms with E-state index in [4.69, 9.17) is 28.5 Å². The zero-order chi connectivity index (χ0) is 24.7. The second kappa shape index (κ2) is 8.90. The number of pyridine rings is 1. The van der Waals surface area contributed by atoms with Crippen LogP contribution in [-0.4, -0.2) is 13.0 Å². The fraction of sp³-hybridized carbons (Fsp3) is 0.0769. The monoisotopic (exact) mass is 521 g/mol. The number of hydrogen-bond acceptors (Lipinski definition) is 4. The molecule has 0 amide bonds. The zero-order valence-electron chi connectivity index (χ0n) is 18.0. The second-order valence-corrected chi connectivity index (χ2v) is 10.7. The molecule has 0 radical (unpaired) electrons. The molecule has 1 aliphatic rings. The normalized spacial score (nSPS) is 17.1. The van der Waals surface area contributed by atoms with Crippen LogP contribution in [0.1, 0.15) is 28.8 Å². The predicted octanol–water partition coefficient (Wildman–Crippen LogP) is 5.57. The van der Waals surface area contributed by atoms with Gasteiger partial charge in [0.2, 0.25) is 0 Å². The third kappa shape index (κ3) is 4.00. The maximum absolute atomic E-state index is 14.1. The van der Waals surface area contributed by atoms with E-state index >= 15 is 0 Å². The average Bonchev–Trinajstić information content (AvgIpc) is 3.22. The summed E-state index contributed by atoms with van der Waals surface area (Å²) in [6, 6.07) is 24.7. The Kier molecular flexibility index (Phi) is 5.89. The molecule has 2 atom stereocenters. The molecule has 0 fully saturated rings. The van der Waals surface area contributed by atoms with Crippen molar-refractivity contribution in [1.82, 2.24) is 4.57 Å². The molecule has 0 aliphatic carbocycles. The Morgan fingerprint density at radius 2 is 1.29 bits per heavy atom. The Hall–Kier alpha value is -3.57. The highest BCUT2D eigenvalue weighted by Gasteiger charge is 2.46. The minimum atomic E-state index is -4.15. The van der Waals surface area contributed by atoms with E-state index in [2.05, 4.69) is 0 Å². The van der Waals surface area contributed by atoms with Gasteiger partial charge in [0.1, 0.15) is 5.82 Å². The molecule has 0 saturated carbocycles. The first-order valence-electron chi connectivity index (χ1n) is 10.6. The summed E-state index contributed by atoms with van der Waals surface area (Å²) in [6.45, 7) is 0. The Balaban J connectivity index is 1.79. The number of fused-ring (bicyclic) bond motifs is 1. The van der Waals surface area contributed by atoms with E-state index in [-0.39, 0.29) is 16.3 Å². The molecule has 174 valence electrons. The Morgan fingerprint density at radius 1 is 0.743 bits per heavy atom. The van der Waals surface area contributed by atoms with E-state index in [0.29, 0.717) is 21.2 Å². The molecule has 5 rings (SSSR count). The zero-order valence-corrected chi connectivity index (χ0v) is 20.4. The fourth-order valence-corrected chi connectivity index (χ4v) is 6.31. The first kappa shape index (κ1) is 23.2. The molecule has 0 spiro atoms. The van der Waals surface area contributed by atoms with Gasteiger partial charge in [-0.05, 0) is 65.7 Å². The van der Waals surface area contributed by atoms with Crippen LogP contribution < -0.4 is 9.86 Å². The van der Waals surface area contributed by atoms with Crippen molar-refractivity contribution < 1.29 is 8.42 Å². The molecule has 6 nitrogen and oxygen atoms in total. The number of aromatic nitrogens is 1. The molecule has 9 heteroatoms. The quantitative estimate of drug-likeness (QED) is 0.351. The molecule has 0 bridgehead atoms. The summed E-state index contributed by atoms with van der Waals surface area (Å²) in [6.07, 6.45) is 0. The molecule has 2 heterocycles. The minimum absolute atomic E-state index is 0.00933. The van der Waals surface area contributed by atoms with Gasteiger partial charge in [0, 0.05) is 16.1 Å². The molecular weight excluding hydrogens is 505 g/mol. The molecule has 4 aromatic rings. The lowest BCUT2D eigenvalue weighted by atomic mass is 9.94. The first-order chi connectivity index (χ1) is 16.8. The summed E-state index contributed by atoms with van der Waals surface area (Å²) in [5.41, 5.74) is 1.39. The van der Waals surface area contributed by atoms with Gasteiger partial charge in [0.25, 0.3) is 15.6 Å². The Bertz CT molecular complexity index is 1610. The molecule has 0 saturated heterocycles. The average molecular weight is 522 g/mol. The van der Waals surface area contributed by atoms with E-state index in [0.717, 1.165) is 5.56 Å². The summed E-state index contributed by atoms with van der Waals surface area (Å²) in [7, 11) is -4.15. The van der Waals surface area contributed by atoms with E-state index in [9.17, 15) is 13.2 Å². The number of anilines is 1. The number of benzene rings is 3. The van der Waals surface area contributed by atoms with Gasteiger partial charge in [-0.25, -0.2) is 12.7 Å². The fourth-order valence-electron chi connectivity index (χ4n) is 4.42. The van der Waals surface area contributed by atoms with Crippen molar-refractivity contribution in [3.05, 3.63) is 128 Å². The van der Waals surface area contributed by atoms with Crippen LogP contribution >= 0.6 is 23.2 Å². The number of nitriles is 1. The van der Waals surface area contributed by atoms with Gasteiger partial charge in [0.15, 0.2) is 0 Å². The summed E-state index contributed by atoms with van der Waals surface area (Å²) in [5.74, 6) is 0.238. The first-order valence-corrected chi connectivity index (χ1v) is 12.8. The van der Waals surface area contributed by atoms with Gasteiger partial charge in [-0.15, -0.1) is 0 Å². The van der Waals surface area contributed by atoms with Gasteiger partial charge in [-0.2, -0.15) is 5.26 Å². The lowest BCUT2D eigenvalue weighted by Gasteiger charge is -2.29. The van der Waals surface area contributed by atoms with E-state index in [1.165, 1.54) is 39.2 Å². The SMILES string of the molecule is N#Cc1ccc(S(=O)(=O)N2c3cccc(=O)n3C(c3ccc(Cl)cc3)C2c2ccc(Cl)cc2)cc1. The van der Waals surface area contributed by atoms with Gasteiger partial charge >= 0.3 is 0 Å². The second-order valence-electron chi connectivity index (χ2n) is 8.02. The third-order valence-electron chi connectivity index (χ3n) is 5.99. The molecule has 1 aliphatic heterocycles. The van der Waals surface area contributed by atoms with Crippen molar-refractivity contribution in [1.29, 1.82) is 5.26 Å². The highest BCUT2D eigenvalue weighted by atomic mass is 35.5. The van der Waals surface area contributed by atoms with Crippen LogP contribution in [0.2, 0.25) is 10.0 Å². The standard InChI is InChI=1S/C26H17Cl2N3O3S/c27-20-10-6-18(7-11-20)25-26(19-8-12-21(28)13-9-19)31(23-2-1-3-24(32)30(23)25)35(33,34)22-14-4-17(16-29)5-15-22/h1-15,25-26H. The van der Waals surface area contributed by atoms with Crippen molar-refractivity contribution in [3.63, 3.8) is 0 Å². The smallest absolute Gasteiger partial charge is 0.266 e. The van der Waals surface area contributed by atoms with Crippen molar-refractivity contribution in [2.75, 3.05) is 4.31 Å². The molecule has 3 aromatic carbocycles. The van der Waals surface area contributed by atoms with Gasteiger partial charge in [-0.1, -0.05) is 53.5 Å². The maximum atomic E-state index is 14.1. The maximum Gasteiger partial charge on any atom is 0.266 e. The highest BCUT2D eigenvalue weighted by molar-refractivity contribution is 7.92. The van der Waals surface area contributed by atoms with Crippen LogP contribution in [0.25, 0.3) is 0 Å². The van der Waals surface area contributed by atoms with Crippen molar-refractivity contribution in [2.24, 2.45) is 0 Å². The van der Waals surface area contributed by atoms with Crippen LogP contribution in [0.3, 0.4) is 0 Å². The summed E-state index contributed by atoms with van der Waals surface area (Å²) >= 11 is 12.2. The number of hydrogen-bond donors (Lipinski definition) is 0. The van der Waals surface area contributed by atoms with Crippen LogP contribution in [0.5, 0.6) is 0 Å². The van der Waals surface area contributed by atoms with Gasteiger partial charge < -0.3 is 0 Å². The molecular formula is C26H17Cl2N3O3S. The largest absolute Gasteiger partial charge is 0.284 e. The van der Waals surface area contributed by atoms with E-state index in [1.54, 1.807) is 60.7 Å². The third-order valence-corrected chi connectivity index (χ3v) is 8.29. The van der Waals surface area contributed by atoms with Crippen LogP contribution in [-0.2, 0) is 10.0 Å². The topological polar surface area (TPSA) is 83.2 Å². The predicted molar refractivity (Wildman–Crippen MR) is 135 cm³/mol. The van der Waals surface area contributed by atoms with Crippen molar-refractivity contribution >= 4 is 39.0 Å². The number of nitrogens with zero attached hydrogens (tertiary/aromatic N) is 3. The van der Waals surface area contributed by atoms with E-state index in [1.807, 2.05) is 6.07 Å². The molecule has 2 unspecified atom stereocenters. The van der Waals surface area contributed by atoms with Crippen molar-refractivity contribution in [3.8, 4) is 6.07 Å². The van der Waals surface area contributed by atoms with E-state index < -0.39 is 22.1 Å². The minimum Gasteiger partial charge on any atom is -0.284 e. The molecule has 35 heavy (non-hydrogen) atoms. The lowest BCUT2D eigenvalue weighted by molar-refractivity contribution is 0.529. The lowest BCUT2D eigenvalue weighted by Crippen LogP contribution is -2.33. The van der Waals surface area contributed by atoms with Gasteiger partial charge in [-0.3, -0.25) is 9.36 Å². The van der Waals surface area contributed by atoms with Crippen molar-refractivity contribution in [2.45, 2.75) is 17.0 Å². The highest BCUT2D eigenvalue weighted by Crippen LogP contribution is 2.49. The van der Waals surface area contributed by atoms with Crippen LogP contribution in [0.4, 0.5) is 5.82 Å².